The Morgan fingerprint density at radius 3 is 1.13 bits per heavy atom. The molecule has 16 aliphatic rings. The lowest BCUT2D eigenvalue weighted by Gasteiger charge is -2.74. The first-order chi connectivity index (χ1) is 28.4. The van der Waals surface area contributed by atoms with Crippen molar-refractivity contribution in [1.29, 1.82) is 0 Å². The fraction of sp³-hybridized carbons (Fsp3) is 0.786. The van der Waals surface area contributed by atoms with Gasteiger partial charge in [-0.25, -0.2) is 0 Å². The van der Waals surface area contributed by atoms with E-state index in [0.717, 1.165) is 35.5 Å². The van der Waals surface area contributed by atoms with Crippen LogP contribution in [-0.4, -0.2) is 10.2 Å². The minimum Gasteiger partial charge on any atom is -0.505 e. The molecule has 16 fully saturated rings. The summed E-state index contributed by atoms with van der Waals surface area (Å²) in [5.74, 6) is 7.00. The number of nitrogens with two attached hydrogens (primary N) is 2. The molecule has 4 heteroatoms. The Balaban J connectivity index is 0.975. The van der Waals surface area contributed by atoms with Crippen LogP contribution in [-0.2, 0) is 16.2 Å². The monoisotopic (exact) mass is 809 g/mol. The molecule has 0 spiro atoms. The summed E-state index contributed by atoms with van der Waals surface area (Å²) in [7, 11) is 0. The van der Waals surface area contributed by atoms with Gasteiger partial charge in [0, 0.05) is 27.4 Å². The van der Waals surface area contributed by atoms with Crippen LogP contribution in [0.2, 0.25) is 0 Å². The molecular weight excluding hydrogens is 733 g/mol. The van der Waals surface area contributed by atoms with E-state index in [1.54, 1.807) is 0 Å². The largest absolute Gasteiger partial charge is 0.505 e. The highest BCUT2D eigenvalue weighted by molar-refractivity contribution is 5.67. The molecule has 322 valence electrons. The molecule has 16 bridgehead atoms. The molecule has 16 aliphatic carbocycles. The second-order valence-electron chi connectivity index (χ2n) is 28.4. The number of phenolic OH excluding ortho intramolecular Hbond substituents is 2. The van der Waals surface area contributed by atoms with Crippen molar-refractivity contribution in [1.82, 2.24) is 0 Å². The molecule has 0 heterocycles. The van der Waals surface area contributed by atoms with E-state index in [2.05, 4.69) is 52.0 Å². The zero-order valence-electron chi connectivity index (χ0n) is 37.7. The molecule has 2 aromatic carbocycles. The molecule has 16 saturated carbocycles. The van der Waals surface area contributed by atoms with Crippen LogP contribution >= 0.6 is 0 Å². The van der Waals surface area contributed by atoms with Crippen LogP contribution in [0.15, 0.2) is 24.3 Å². The molecule has 60 heavy (non-hydrogen) atoms. The lowest BCUT2D eigenvalue weighted by molar-refractivity contribution is -0.215. The first-order valence-corrected chi connectivity index (χ1v) is 25.6. The maximum Gasteiger partial charge on any atom is 0.142 e. The predicted molar refractivity (Wildman–Crippen MR) is 241 cm³/mol. The zero-order chi connectivity index (χ0) is 40.8. The Hall–Kier alpha value is -2.36. The topological polar surface area (TPSA) is 92.5 Å². The zero-order valence-corrected chi connectivity index (χ0v) is 37.7. The number of anilines is 2. The molecule has 2 aromatic rings. The highest BCUT2D eigenvalue weighted by Gasteiger charge is 2.71. The number of nitrogen functional groups attached to an aromatic ring is 2. The summed E-state index contributed by atoms with van der Waals surface area (Å²) in [6.45, 7) is 10.3. The summed E-state index contributed by atoms with van der Waals surface area (Å²) in [6, 6.07) is 9.78. The van der Waals surface area contributed by atoms with Gasteiger partial charge in [-0.3, -0.25) is 0 Å². The van der Waals surface area contributed by atoms with Gasteiger partial charge in [-0.2, -0.15) is 0 Å². The number of hydrogen-bond donors (Lipinski definition) is 4. The van der Waals surface area contributed by atoms with Gasteiger partial charge in [-0.15, -0.1) is 0 Å². The van der Waals surface area contributed by atoms with Crippen molar-refractivity contribution in [3.05, 3.63) is 46.5 Å². The third-order valence-electron chi connectivity index (χ3n) is 23.3. The summed E-state index contributed by atoms with van der Waals surface area (Å²) < 4.78 is 0. The van der Waals surface area contributed by atoms with Gasteiger partial charge in [0.2, 0.25) is 0 Å². The predicted octanol–water partition coefficient (Wildman–Crippen LogP) is 13.1. The standard InChI is InChI=1S/C56H76N2O2/c1-48-14-36-15-49(2,26-48)29-52(18-36,28-48)42-10-38(12-44(57)46(42)59)56(39-11-43(47(60)45(58)13-39)53-19-37-16-50(3,30-53)27-51(4,17-37)31-53)40-8-35-9-41(56)25-55(23-35,24-40)54-20-32-5-33(21-54)7-34(6-32)22-54/h10-13,32-37,40-41,59-60H,5-9,14-31,57-58H2,1-4H3. The van der Waals surface area contributed by atoms with Gasteiger partial charge in [-0.05, 0) is 251 Å². The van der Waals surface area contributed by atoms with Crippen molar-refractivity contribution in [3.8, 4) is 11.5 Å². The molecule has 6 N–H and O–H groups in total. The molecule has 4 nitrogen and oxygen atoms in total. The number of phenols is 2. The smallest absolute Gasteiger partial charge is 0.142 e. The van der Waals surface area contributed by atoms with Crippen LogP contribution in [0.25, 0.3) is 0 Å². The molecule has 0 radical (unpaired) electrons. The van der Waals surface area contributed by atoms with Gasteiger partial charge in [0.1, 0.15) is 11.5 Å². The summed E-state index contributed by atoms with van der Waals surface area (Å²) in [5, 5.41) is 24.8. The van der Waals surface area contributed by atoms with Crippen molar-refractivity contribution in [2.45, 2.75) is 192 Å². The van der Waals surface area contributed by atoms with Crippen LogP contribution < -0.4 is 11.5 Å². The van der Waals surface area contributed by atoms with E-state index in [4.69, 9.17) is 11.5 Å². The molecule has 18 rings (SSSR count). The summed E-state index contributed by atoms with van der Waals surface area (Å²) in [5.41, 5.74) is 23.0. The van der Waals surface area contributed by atoms with Gasteiger partial charge in [-0.1, -0.05) is 39.8 Å². The quantitative estimate of drug-likeness (QED) is 0.179. The lowest BCUT2D eigenvalue weighted by atomic mass is 9.31. The second kappa shape index (κ2) is 10.9. The molecular formula is C56H76N2O2. The summed E-state index contributed by atoms with van der Waals surface area (Å²) in [6.07, 6.45) is 30.9. The van der Waals surface area contributed by atoms with Gasteiger partial charge in [0.05, 0.1) is 11.4 Å². The number of rotatable bonds is 5. The van der Waals surface area contributed by atoms with Crippen LogP contribution in [0.5, 0.6) is 11.5 Å². The first-order valence-electron chi connectivity index (χ1n) is 25.6. The molecule has 0 saturated heterocycles. The second-order valence-corrected chi connectivity index (χ2v) is 28.4. The van der Waals surface area contributed by atoms with Crippen molar-refractivity contribution in [2.75, 3.05) is 11.5 Å². The molecule has 6 unspecified atom stereocenters. The molecule has 0 amide bonds. The van der Waals surface area contributed by atoms with E-state index in [0.29, 0.717) is 67.2 Å². The van der Waals surface area contributed by atoms with Crippen molar-refractivity contribution < 1.29 is 10.2 Å². The van der Waals surface area contributed by atoms with Crippen molar-refractivity contribution >= 4 is 11.4 Å². The Kier molecular flexibility index (Phi) is 6.75. The van der Waals surface area contributed by atoms with E-state index in [9.17, 15) is 10.2 Å². The third kappa shape index (κ3) is 4.57. The molecule has 6 atom stereocenters. The highest BCUT2D eigenvalue weighted by Crippen LogP contribution is 2.80. The minimum absolute atomic E-state index is 0.0200. The van der Waals surface area contributed by atoms with Gasteiger partial charge < -0.3 is 21.7 Å². The van der Waals surface area contributed by atoms with Gasteiger partial charge in [0.15, 0.2) is 0 Å². The van der Waals surface area contributed by atoms with Crippen LogP contribution in [0, 0.1) is 79.8 Å². The summed E-state index contributed by atoms with van der Waals surface area (Å²) >= 11 is 0. The van der Waals surface area contributed by atoms with Crippen LogP contribution in [0.1, 0.15) is 198 Å². The van der Waals surface area contributed by atoms with E-state index in [1.165, 1.54) is 170 Å². The number of aromatic hydroxyl groups is 2. The summed E-state index contributed by atoms with van der Waals surface area (Å²) in [4.78, 5) is 0. The van der Waals surface area contributed by atoms with E-state index in [-0.39, 0.29) is 16.2 Å². The lowest BCUT2D eigenvalue weighted by Crippen LogP contribution is -2.66. The van der Waals surface area contributed by atoms with Crippen molar-refractivity contribution in [3.63, 3.8) is 0 Å². The number of hydrogen-bond acceptors (Lipinski definition) is 4. The molecule has 0 aromatic heterocycles. The average molecular weight is 809 g/mol. The van der Waals surface area contributed by atoms with E-state index >= 15 is 0 Å². The normalized spacial score (nSPS) is 55.7. The first kappa shape index (κ1) is 37.1. The van der Waals surface area contributed by atoms with Crippen LogP contribution in [0.4, 0.5) is 11.4 Å². The van der Waals surface area contributed by atoms with Gasteiger partial charge >= 0.3 is 0 Å². The minimum atomic E-state index is -0.234. The SMILES string of the molecule is CC12CC3CC(C)(C1)CC(c1cc(C4(c5cc(N)c(O)c(C67CC8CC(C)(CC(C)(C8)C6)C7)c5)C5CC6CC4CC(C47CC8CC(CC(C8)C4)C7)(C6)C5)cc(N)c1O)(C3)C2. The Labute approximate surface area is 361 Å². The third-order valence-corrected chi connectivity index (χ3v) is 23.3. The Bertz CT molecular complexity index is 2050. The van der Waals surface area contributed by atoms with Crippen molar-refractivity contribution in [2.24, 2.45) is 79.8 Å². The maximum atomic E-state index is 12.4. The Morgan fingerprint density at radius 2 is 0.767 bits per heavy atom. The Morgan fingerprint density at radius 1 is 0.417 bits per heavy atom. The van der Waals surface area contributed by atoms with Gasteiger partial charge in [0.25, 0.3) is 0 Å². The molecule has 0 aliphatic heterocycles. The van der Waals surface area contributed by atoms with Crippen LogP contribution in [0.3, 0.4) is 0 Å². The fourth-order valence-corrected chi connectivity index (χ4v) is 24.6. The number of benzene rings is 2. The van der Waals surface area contributed by atoms with E-state index in [1.807, 2.05) is 0 Å². The maximum absolute atomic E-state index is 12.4. The van der Waals surface area contributed by atoms with E-state index < -0.39 is 0 Å². The average Bonchev–Trinajstić information content (AvgIpc) is 3.10. The highest BCUT2D eigenvalue weighted by atomic mass is 16.3. The fourth-order valence-electron chi connectivity index (χ4n) is 24.6.